The van der Waals surface area contributed by atoms with E-state index in [0.29, 0.717) is 5.56 Å². The second-order valence-electron chi connectivity index (χ2n) is 2.89. The molecule has 1 rings (SSSR count). The average molecular weight is 204 g/mol. The Bertz CT molecular complexity index is 434. The molecular formula is C10H8N2OS. The van der Waals surface area contributed by atoms with Crippen LogP contribution < -0.4 is 0 Å². The maximum atomic E-state index is 11.6. The third kappa shape index (κ3) is 1.66. The summed E-state index contributed by atoms with van der Waals surface area (Å²) in [6.07, 6.45) is 0. The molecule has 4 heteroatoms. The highest BCUT2D eigenvalue weighted by Crippen LogP contribution is 2.22. The molecule has 0 N–H and O–H groups in total. The number of hydrogen-bond acceptors (Lipinski definition) is 4. The number of rotatable bonds is 2. The van der Waals surface area contributed by atoms with Crippen LogP contribution in [0, 0.1) is 42.4 Å². The van der Waals surface area contributed by atoms with Gasteiger partial charge in [-0.1, -0.05) is 0 Å². The van der Waals surface area contributed by atoms with E-state index in [1.807, 2.05) is 13.8 Å². The van der Waals surface area contributed by atoms with E-state index in [9.17, 15) is 4.79 Å². The first-order chi connectivity index (χ1) is 6.61. The van der Waals surface area contributed by atoms with Crippen molar-refractivity contribution < 1.29 is 4.79 Å². The molecule has 1 aromatic heterocycles. The maximum absolute atomic E-state index is 11.6. The standard InChI is InChI=1S/C10H8N2OS/c1-6-7(2)14-5-9(6)10(13)8(3-11)4-12/h5,8H,1-2H3. The lowest BCUT2D eigenvalue weighted by molar-refractivity contribution is 0.0970. The minimum Gasteiger partial charge on any atom is -0.291 e. The third-order valence-corrected chi connectivity index (χ3v) is 3.08. The van der Waals surface area contributed by atoms with E-state index in [1.165, 1.54) is 11.3 Å². The van der Waals surface area contributed by atoms with E-state index < -0.39 is 11.7 Å². The Morgan fingerprint density at radius 1 is 1.43 bits per heavy atom. The van der Waals surface area contributed by atoms with Gasteiger partial charge in [0.1, 0.15) is 0 Å². The van der Waals surface area contributed by atoms with Crippen molar-refractivity contribution in [1.29, 1.82) is 10.5 Å². The molecule has 0 saturated heterocycles. The van der Waals surface area contributed by atoms with Gasteiger partial charge >= 0.3 is 0 Å². The van der Waals surface area contributed by atoms with Crippen LogP contribution in [0.2, 0.25) is 0 Å². The van der Waals surface area contributed by atoms with Crippen molar-refractivity contribution in [3.8, 4) is 12.1 Å². The zero-order valence-corrected chi connectivity index (χ0v) is 8.68. The highest BCUT2D eigenvalue weighted by atomic mass is 32.1. The van der Waals surface area contributed by atoms with Gasteiger partial charge < -0.3 is 0 Å². The number of thiophene rings is 1. The topological polar surface area (TPSA) is 64.7 Å². The van der Waals surface area contributed by atoms with E-state index in [-0.39, 0.29) is 0 Å². The monoisotopic (exact) mass is 204 g/mol. The molecule has 0 aliphatic rings. The fraction of sp³-hybridized carbons (Fsp3) is 0.300. The van der Waals surface area contributed by atoms with Crippen molar-refractivity contribution in [2.75, 3.05) is 0 Å². The molecule has 0 radical (unpaired) electrons. The molecule has 0 atom stereocenters. The number of carbonyl (C=O) groups is 1. The van der Waals surface area contributed by atoms with Gasteiger partial charge in [-0.25, -0.2) is 0 Å². The van der Waals surface area contributed by atoms with Gasteiger partial charge in [0.15, 0.2) is 11.7 Å². The van der Waals surface area contributed by atoms with E-state index in [1.54, 1.807) is 17.5 Å². The van der Waals surface area contributed by atoms with Gasteiger partial charge in [-0.2, -0.15) is 10.5 Å². The Morgan fingerprint density at radius 2 is 2.00 bits per heavy atom. The molecule has 0 aromatic carbocycles. The molecule has 3 nitrogen and oxygen atoms in total. The lowest BCUT2D eigenvalue weighted by Crippen LogP contribution is -2.11. The Labute approximate surface area is 86.2 Å². The van der Waals surface area contributed by atoms with Gasteiger partial charge in [0.2, 0.25) is 0 Å². The number of aryl methyl sites for hydroxylation is 1. The molecule has 1 heterocycles. The minimum absolute atomic E-state index is 0.392. The van der Waals surface area contributed by atoms with Crippen LogP contribution in [0.5, 0.6) is 0 Å². The van der Waals surface area contributed by atoms with E-state index in [4.69, 9.17) is 10.5 Å². The largest absolute Gasteiger partial charge is 0.291 e. The summed E-state index contributed by atoms with van der Waals surface area (Å²) in [6.45, 7) is 3.73. The third-order valence-electron chi connectivity index (χ3n) is 2.07. The Hall–Kier alpha value is -1.65. The Morgan fingerprint density at radius 3 is 2.36 bits per heavy atom. The van der Waals surface area contributed by atoms with Gasteiger partial charge in [0, 0.05) is 15.8 Å². The summed E-state index contributed by atoms with van der Waals surface area (Å²) in [4.78, 5) is 12.6. The van der Waals surface area contributed by atoms with Crippen molar-refractivity contribution in [3.63, 3.8) is 0 Å². The van der Waals surface area contributed by atoms with Crippen LogP contribution in [-0.2, 0) is 0 Å². The van der Waals surface area contributed by atoms with Crippen molar-refractivity contribution in [2.24, 2.45) is 5.92 Å². The van der Waals surface area contributed by atoms with Crippen molar-refractivity contribution >= 4 is 17.1 Å². The van der Waals surface area contributed by atoms with Crippen LogP contribution in [0.25, 0.3) is 0 Å². The number of ketones is 1. The first-order valence-electron chi connectivity index (χ1n) is 4.00. The van der Waals surface area contributed by atoms with E-state index in [0.717, 1.165) is 10.4 Å². The van der Waals surface area contributed by atoms with Gasteiger partial charge in [0.05, 0.1) is 12.1 Å². The van der Waals surface area contributed by atoms with Gasteiger partial charge in [0.25, 0.3) is 0 Å². The lowest BCUT2D eigenvalue weighted by atomic mass is 9.99. The normalized spacial score (nSPS) is 9.50. The van der Waals surface area contributed by atoms with Crippen LogP contribution in [0.3, 0.4) is 0 Å². The molecule has 0 saturated carbocycles. The van der Waals surface area contributed by atoms with Gasteiger partial charge in [-0.3, -0.25) is 4.79 Å². The second kappa shape index (κ2) is 4.04. The van der Waals surface area contributed by atoms with Crippen LogP contribution in [0.4, 0.5) is 0 Å². The van der Waals surface area contributed by atoms with Crippen molar-refractivity contribution in [3.05, 3.63) is 21.4 Å². The summed E-state index contributed by atoms with van der Waals surface area (Å²) < 4.78 is 0. The second-order valence-corrected chi connectivity index (χ2v) is 3.97. The maximum Gasteiger partial charge on any atom is 0.195 e. The lowest BCUT2D eigenvalue weighted by Gasteiger charge is -1.98. The van der Waals surface area contributed by atoms with Crippen molar-refractivity contribution in [1.82, 2.24) is 0 Å². The fourth-order valence-corrected chi connectivity index (χ4v) is 1.93. The zero-order chi connectivity index (χ0) is 10.7. The summed E-state index contributed by atoms with van der Waals surface area (Å²) in [7, 11) is 0. The molecule has 0 amide bonds. The summed E-state index contributed by atoms with van der Waals surface area (Å²) in [6, 6.07) is 3.36. The van der Waals surface area contributed by atoms with Gasteiger partial charge in [-0.15, -0.1) is 11.3 Å². The quantitative estimate of drug-likeness (QED) is 0.694. The molecule has 0 aliphatic heterocycles. The van der Waals surface area contributed by atoms with Gasteiger partial charge in [-0.05, 0) is 19.4 Å². The van der Waals surface area contributed by atoms with Crippen molar-refractivity contribution in [2.45, 2.75) is 13.8 Å². The average Bonchev–Trinajstić information content (AvgIpc) is 2.49. The first-order valence-corrected chi connectivity index (χ1v) is 4.88. The summed E-state index contributed by atoms with van der Waals surface area (Å²) >= 11 is 1.46. The molecule has 14 heavy (non-hydrogen) atoms. The van der Waals surface area contributed by atoms with Crippen LogP contribution >= 0.6 is 11.3 Å². The van der Waals surface area contributed by atoms with Crippen LogP contribution in [0.1, 0.15) is 20.8 Å². The van der Waals surface area contributed by atoms with Crippen LogP contribution in [-0.4, -0.2) is 5.78 Å². The molecule has 0 bridgehead atoms. The SMILES string of the molecule is Cc1scc(C(=O)C(C#N)C#N)c1C. The fourth-order valence-electron chi connectivity index (χ4n) is 1.06. The van der Waals surface area contributed by atoms with E-state index in [2.05, 4.69) is 0 Å². The number of hydrogen-bond donors (Lipinski definition) is 0. The predicted octanol–water partition coefficient (Wildman–Crippen LogP) is 2.21. The Kier molecular flexibility index (Phi) is 3.01. The molecule has 0 aliphatic carbocycles. The zero-order valence-electron chi connectivity index (χ0n) is 7.87. The molecule has 70 valence electrons. The highest BCUT2D eigenvalue weighted by molar-refractivity contribution is 7.10. The molecule has 1 aromatic rings. The highest BCUT2D eigenvalue weighted by Gasteiger charge is 2.21. The predicted molar refractivity (Wildman–Crippen MR) is 52.8 cm³/mol. The number of carbonyl (C=O) groups excluding carboxylic acids is 1. The molecule has 0 spiro atoms. The number of nitrogens with zero attached hydrogens (tertiary/aromatic N) is 2. The number of Topliss-reactive ketones (excluding diaryl/α,β-unsaturated/α-hetero) is 1. The van der Waals surface area contributed by atoms with Crippen LogP contribution in [0.15, 0.2) is 5.38 Å². The Balaban J connectivity index is 3.09. The molecular weight excluding hydrogens is 196 g/mol. The molecule has 0 unspecified atom stereocenters. The summed E-state index contributed by atoms with van der Waals surface area (Å²) in [5.74, 6) is -1.57. The summed E-state index contributed by atoms with van der Waals surface area (Å²) in [5.41, 5.74) is 1.37. The minimum atomic E-state index is -1.18. The van der Waals surface area contributed by atoms with E-state index >= 15 is 0 Å². The first kappa shape index (κ1) is 10.4. The number of nitriles is 2. The summed E-state index contributed by atoms with van der Waals surface area (Å²) in [5, 5.41) is 18.8. The molecule has 0 fully saturated rings. The smallest absolute Gasteiger partial charge is 0.195 e.